The average Bonchev–Trinajstić information content (AvgIpc) is 1.93. The number of thiocarbonyl (C=S) groups is 2. The third kappa shape index (κ3) is 26500. The van der Waals surface area contributed by atoms with Crippen LogP contribution in [-0.4, -0.2) is 8.64 Å². The molecule has 7 heteroatoms. The Hall–Kier alpha value is 0.219. The first-order valence-electron chi connectivity index (χ1n) is 2.39. The normalized spacial score (nSPS) is 4.31. The van der Waals surface area contributed by atoms with Crippen LogP contribution in [-0.2, 0) is 42.3 Å². The summed E-state index contributed by atoms with van der Waals surface area (Å²) in [5.41, 5.74) is 9.31. The maximum absolute atomic E-state index is 4.66. The maximum atomic E-state index is 4.66. The fourth-order valence-electron chi connectivity index (χ4n) is 0. The van der Waals surface area contributed by atoms with Crippen molar-refractivity contribution in [3.63, 3.8) is 0 Å². The van der Waals surface area contributed by atoms with Gasteiger partial charge in [-0.2, -0.15) is 0 Å². The van der Waals surface area contributed by atoms with Crippen LogP contribution in [0.5, 0.6) is 0 Å². The van der Waals surface area contributed by atoms with Crippen LogP contribution < -0.4 is 11.5 Å². The van der Waals surface area contributed by atoms with Crippen LogP contribution in [0.15, 0.2) is 26.3 Å². The molecule has 2 nitrogen and oxygen atoms in total. The Bertz CT molecular complexity index is 99.2. The Labute approximate surface area is 113 Å². The van der Waals surface area contributed by atoms with Crippen LogP contribution in [0.25, 0.3) is 0 Å². The molecule has 0 radical (unpaired) electrons. The van der Waals surface area contributed by atoms with E-state index in [-0.39, 0.29) is 25.7 Å². The zero-order chi connectivity index (χ0) is 11.2. The third-order valence-corrected chi connectivity index (χ3v) is 0. The second-order valence-corrected chi connectivity index (χ2v) is 2.91. The molecule has 0 aliphatic heterocycles. The van der Waals surface area contributed by atoms with Crippen LogP contribution in [0.4, 0.5) is 0 Å². The molecule has 0 aromatic carbocycles. The smallest absolute Gasteiger partial charge is 0.415 e. The first-order chi connectivity index (χ1) is 5.46. The minimum atomic E-state index is 0. The summed E-state index contributed by atoms with van der Waals surface area (Å²) in [6.07, 6.45) is 0. The van der Waals surface area contributed by atoms with Crippen LogP contribution in [0, 0.1) is 0 Å². The molecule has 4 N–H and O–H groups in total. The molecule has 0 amide bonds. The zero-order valence-corrected chi connectivity index (χ0v) is 11.3. The van der Waals surface area contributed by atoms with Crippen molar-refractivity contribution >= 4 is 58.3 Å². The van der Waals surface area contributed by atoms with Crippen molar-refractivity contribution < 1.29 is 17.1 Å². The molecule has 0 aliphatic rings. The zero-order valence-electron chi connectivity index (χ0n) is 6.97. The van der Waals surface area contributed by atoms with Crippen molar-refractivity contribution in [1.29, 1.82) is 0 Å². The third-order valence-electron chi connectivity index (χ3n) is 0. The van der Waals surface area contributed by atoms with Gasteiger partial charge in [0.15, 0.2) is 0 Å². The summed E-state index contributed by atoms with van der Waals surface area (Å²) < 4.78 is 0.167. The van der Waals surface area contributed by atoms with Gasteiger partial charge >= 0.3 is 17.1 Å². The molecule has 0 atom stereocenters. The summed E-state index contributed by atoms with van der Waals surface area (Å²) >= 11 is 16.5. The first kappa shape index (κ1) is 29.2. The Morgan fingerprint density at radius 2 is 0.846 bits per heavy atom. The molecule has 0 rings (SSSR count). The van der Waals surface area contributed by atoms with Crippen LogP contribution in [0.1, 0.15) is 0 Å². The van der Waals surface area contributed by atoms with E-state index in [0.717, 1.165) is 0 Å². The quantitative estimate of drug-likeness (QED) is 0.303. The van der Waals surface area contributed by atoms with Gasteiger partial charge in [-0.3, -0.25) is 0 Å². The predicted octanol–water partition coefficient (Wildman–Crippen LogP) is 1.16. The molecule has 0 aromatic rings. The van der Waals surface area contributed by atoms with E-state index >= 15 is 0 Å². The van der Waals surface area contributed by atoms with E-state index in [1.807, 2.05) is 0 Å². The van der Waals surface area contributed by atoms with Gasteiger partial charge in [-0.1, -0.05) is 8.64 Å². The number of nitrogens with two attached hydrogens (primary N) is 2. The molecule has 0 aliphatic carbocycles. The molecule has 13 heavy (non-hydrogen) atoms. The molecule has 0 saturated carbocycles. The fraction of sp³-hybridized carbons (Fsp3) is 0. The SMILES string of the molecule is C=C.C=C.NC(=S)[S-].NC(=S)[S-].[Fe+2]. The van der Waals surface area contributed by atoms with Crippen molar-refractivity contribution in [2.45, 2.75) is 0 Å². The Morgan fingerprint density at radius 3 is 0.846 bits per heavy atom. The summed E-state index contributed by atoms with van der Waals surface area (Å²) in [5.74, 6) is 0. The first-order valence-corrected chi connectivity index (χ1v) is 4.03. The van der Waals surface area contributed by atoms with E-state index in [9.17, 15) is 0 Å². The summed E-state index contributed by atoms with van der Waals surface area (Å²) in [6, 6.07) is 0. The summed E-state index contributed by atoms with van der Waals surface area (Å²) in [4.78, 5) is 0. The second-order valence-electron chi connectivity index (χ2n) is 0.638. The van der Waals surface area contributed by atoms with Crippen molar-refractivity contribution in [3.05, 3.63) is 26.3 Å². The Kier molecular flexibility index (Phi) is 89.4. The molecule has 0 bridgehead atoms. The van der Waals surface area contributed by atoms with Crippen molar-refractivity contribution in [2.75, 3.05) is 0 Å². The van der Waals surface area contributed by atoms with E-state index in [1.54, 1.807) is 0 Å². The maximum Gasteiger partial charge on any atom is 2.00 e. The number of hydrogen-bond donors (Lipinski definition) is 2. The van der Waals surface area contributed by atoms with Gasteiger partial charge in [-0.25, -0.2) is 0 Å². The molecular formula is C6H12FeN2S4. The van der Waals surface area contributed by atoms with E-state index < -0.39 is 0 Å². The Balaban J connectivity index is -0.0000000226. The number of hydrogen-bond acceptors (Lipinski definition) is 4. The van der Waals surface area contributed by atoms with Gasteiger partial charge in [0.25, 0.3) is 0 Å². The molecule has 78 valence electrons. The van der Waals surface area contributed by atoms with Crippen LogP contribution >= 0.6 is 24.4 Å². The van der Waals surface area contributed by atoms with Crippen molar-refractivity contribution in [1.82, 2.24) is 0 Å². The minimum Gasteiger partial charge on any atom is -0.415 e. The predicted molar refractivity (Wildman–Crippen MR) is 70.8 cm³/mol. The van der Waals surface area contributed by atoms with Crippen LogP contribution in [0.3, 0.4) is 0 Å². The molecule has 0 unspecified atom stereocenters. The molecular weight excluding hydrogens is 284 g/mol. The number of rotatable bonds is 0. The van der Waals surface area contributed by atoms with Crippen LogP contribution in [0.2, 0.25) is 0 Å². The van der Waals surface area contributed by atoms with Gasteiger partial charge in [0, 0.05) is 0 Å². The largest absolute Gasteiger partial charge is 2.00 e. The van der Waals surface area contributed by atoms with Gasteiger partial charge in [0.1, 0.15) is 0 Å². The van der Waals surface area contributed by atoms with Gasteiger partial charge < -0.3 is 61.2 Å². The molecule has 0 heterocycles. The van der Waals surface area contributed by atoms with Gasteiger partial charge in [-0.15, -0.1) is 26.3 Å². The topological polar surface area (TPSA) is 52.0 Å². The van der Waals surface area contributed by atoms with Crippen molar-refractivity contribution in [3.8, 4) is 0 Å². The molecule has 0 saturated heterocycles. The van der Waals surface area contributed by atoms with E-state index in [4.69, 9.17) is 0 Å². The van der Waals surface area contributed by atoms with E-state index in [1.165, 1.54) is 0 Å². The summed E-state index contributed by atoms with van der Waals surface area (Å²) in [5, 5.41) is 0. The molecule has 0 aromatic heterocycles. The second kappa shape index (κ2) is 39.8. The summed E-state index contributed by atoms with van der Waals surface area (Å²) in [7, 11) is 0. The fourth-order valence-corrected chi connectivity index (χ4v) is 0. The minimum absolute atomic E-state index is 0. The van der Waals surface area contributed by atoms with E-state index in [2.05, 4.69) is 87.5 Å². The standard InChI is InChI=1S/2C2H4.2CH3NS2.Fe/c2*1-2;2*2-1(3)4;/h2*1-2H2;2*(H3,2,3,4);/q;;;;+2/p-2. The van der Waals surface area contributed by atoms with Gasteiger partial charge in [0.05, 0.1) is 0 Å². The Morgan fingerprint density at radius 1 is 0.846 bits per heavy atom. The van der Waals surface area contributed by atoms with Gasteiger partial charge in [-0.05, 0) is 0 Å². The monoisotopic (exact) mass is 296 g/mol. The average molecular weight is 296 g/mol. The van der Waals surface area contributed by atoms with E-state index in [0.29, 0.717) is 0 Å². The molecule has 0 spiro atoms. The summed E-state index contributed by atoms with van der Waals surface area (Å²) in [6.45, 7) is 12.0. The van der Waals surface area contributed by atoms with Crippen molar-refractivity contribution in [2.24, 2.45) is 11.5 Å². The molecule has 0 fully saturated rings. The van der Waals surface area contributed by atoms with Gasteiger partial charge in [0.2, 0.25) is 0 Å².